The van der Waals surface area contributed by atoms with Gasteiger partial charge in [0.1, 0.15) is 6.10 Å². The molecule has 0 saturated carbocycles. The van der Waals surface area contributed by atoms with Crippen LogP contribution in [0.25, 0.3) is 0 Å². The molecule has 0 fully saturated rings. The number of carbonyl (C=O) groups excluding carboxylic acids is 1. The number of Topliss-reactive ketones (excluding diaryl/α,β-unsaturated/α-hetero) is 1. The normalized spacial score (nSPS) is 14.3. The van der Waals surface area contributed by atoms with Gasteiger partial charge in [0.05, 0.1) is 0 Å². The fourth-order valence-electron chi connectivity index (χ4n) is 1.51. The summed E-state index contributed by atoms with van der Waals surface area (Å²) < 4.78 is 6.11. The van der Waals surface area contributed by atoms with Crippen LogP contribution in [0.1, 0.15) is 38.1 Å². The number of hydrogen-bond donors (Lipinski definition) is 0. The smallest absolute Gasteiger partial charge is 0.193 e. The quantitative estimate of drug-likeness (QED) is 0.599. The first-order valence-electron chi connectivity index (χ1n) is 6.42. The minimum absolute atomic E-state index is 0.0698. The maximum Gasteiger partial charge on any atom is 0.193 e. The van der Waals surface area contributed by atoms with Crippen molar-refractivity contribution in [2.24, 2.45) is 0 Å². The number of carbonyl (C=O) groups is 1. The first kappa shape index (κ1) is 15.1. The molecule has 0 radical (unpaired) electrons. The molecule has 0 aliphatic carbocycles. The SMILES string of the molecule is C[C@H](O[Si](C)(C)C(C)(C)C)C(=O)c1ccccc1. The highest BCUT2D eigenvalue weighted by Gasteiger charge is 2.39. The third kappa shape index (κ3) is 3.53. The molecule has 0 spiro atoms. The lowest BCUT2D eigenvalue weighted by Gasteiger charge is -2.38. The summed E-state index contributed by atoms with van der Waals surface area (Å²) >= 11 is 0. The van der Waals surface area contributed by atoms with E-state index >= 15 is 0 Å². The molecule has 1 aromatic carbocycles. The zero-order valence-electron chi connectivity index (χ0n) is 12.3. The van der Waals surface area contributed by atoms with E-state index < -0.39 is 8.32 Å². The second kappa shape index (κ2) is 5.37. The lowest BCUT2D eigenvalue weighted by atomic mass is 10.1. The standard InChI is InChI=1S/C15H24O2Si/c1-12(17-18(5,6)15(2,3)4)14(16)13-10-8-7-9-11-13/h7-12H,1-6H3/t12-/m0/s1. The van der Waals surface area contributed by atoms with Crippen LogP contribution in [0.15, 0.2) is 30.3 Å². The van der Waals surface area contributed by atoms with Crippen LogP contribution in [-0.2, 0) is 4.43 Å². The summed E-state index contributed by atoms with van der Waals surface area (Å²) in [5.41, 5.74) is 0.726. The summed E-state index contributed by atoms with van der Waals surface area (Å²) in [6.45, 7) is 12.7. The molecule has 100 valence electrons. The van der Waals surface area contributed by atoms with Gasteiger partial charge in [-0.25, -0.2) is 0 Å². The Morgan fingerprint density at radius 2 is 1.67 bits per heavy atom. The number of hydrogen-bond acceptors (Lipinski definition) is 2. The largest absolute Gasteiger partial charge is 0.407 e. The first-order chi connectivity index (χ1) is 8.15. The van der Waals surface area contributed by atoms with E-state index in [1.54, 1.807) is 0 Å². The molecule has 0 saturated heterocycles. The molecule has 0 bridgehead atoms. The van der Waals surface area contributed by atoms with E-state index in [-0.39, 0.29) is 16.9 Å². The van der Waals surface area contributed by atoms with Gasteiger partial charge in [-0.1, -0.05) is 51.1 Å². The lowest BCUT2D eigenvalue weighted by Crippen LogP contribution is -2.45. The molecule has 3 heteroatoms. The second-order valence-electron chi connectivity index (χ2n) is 6.25. The van der Waals surface area contributed by atoms with Crippen LogP contribution >= 0.6 is 0 Å². The second-order valence-corrected chi connectivity index (χ2v) is 11.0. The number of benzene rings is 1. The predicted molar refractivity (Wildman–Crippen MR) is 78.5 cm³/mol. The summed E-state index contributed by atoms with van der Waals surface area (Å²) in [6, 6.07) is 9.36. The van der Waals surface area contributed by atoms with Gasteiger partial charge in [0.25, 0.3) is 0 Å². The predicted octanol–water partition coefficient (Wildman–Crippen LogP) is 4.28. The van der Waals surface area contributed by atoms with E-state index in [2.05, 4.69) is 33.9 Å². The van der Waals surface area contributed by atoms with Crippen LogP contribution in [-0.4, -0.2) is 20.2 Å². The average Bonchev–Trinajstić information content (AvgIpc) is 2.27. The van der Waals surface area contributed by atoms with Crippen molar-refractivity contribution in [3.8, 4) is 0 Å². The monoisotopic (exact) mass is 264 g/mol. The van der Waals surface area contributed by atoms with Gasteiger partial charge in [-0.2, -0.15) is 0 Å². The van der Waals surface area contributed by atoms with Crippen LogP contribution in [0, 0.1) is 0 Å². The van der Waals surface area contributed by atoms with Crippen molar-refractivity contribution in [2.45, 2.75) is 51.9 Å². The Morgan fingerprint density at radius 3 is 2.11 bits per heavy atom. The molecule has 1 atom stereocenters. The molecule has 18 heavy (non-hydrogen) atoms. The van der Waals surface area contributed by atoms with E-state index in [4.69, 9.17) is 4.43 Å². The zero-order chi connectivity index (χ0) is 14.0. The number of ketones is 1. The van der Waals surface area contributed by atoms with Gasteiger partial charge < -0.3 is 4.43 Å². The Hall–Kier alpha value is -0.933. The van der Waals surface area contributed by atoms with Gasteiger partial charge in [-0.3, -0.25) is 4.79 Å². The van der Waals surface area contributed by atoms with Crippen molar-refractivity contribution >= 4 is 14.1 Å². The molecule has 0 aliphatic rings. The van der Waals surface area contributed by atoms with Crippen molar-refractivity contribution in [1.29, 1.82) is 0 Å². The van der Waals surface area contributed by atoms with Crippen molar-refractivity contribution in [1.82, 2.24) is 0 Å². The van der Waals surface area contributed by atoms with Gasteiger partial charge in [0, 0.05) is 5.56 Å². The molecule has 2 nitrogen and oxygen atoms in total. The van der Waals surface area contributed by atoms with E-state index in [1.807, 2.05) is 37.3 Å². The molecule has 0 unspecified atom stereocenters. The minimum atomic E-state index is -1.88. The van der Waals surface area contributed by atoms with Gasteiger partial charge in [0.2, 0.25) is 0 Å². The van der Waals surface area contributed by atoms with Gasteiger partial charge in [-0.05, 0) is 25.1 Å². The van der Waals surface area contributed by atoms with E-state index in [0.717, 1.165) is 5.56 Å². The Morgan fingerprint density at radius 1 is 1.17 bits per heavy atom. The Labute approximate surface area is 111 Å². The molecule has 0 N–H and O–H groups in total. The lowest BCUT2D eigenvalue weighted by molar-refractivity contribution is 0.0796. The molecule has 0 aromatic heterocycles. The highest BCUT2D eigenvalue weighted by atomic mass is 28.4. The molecule has 0 aliphatic heterocycles. The highest BCUT2D eigenvalue weighted by molar-refractivity contribution is 6.74. The van der Waals surface area contributed by atoms with Crippen molar-refractivity contribution in [3.63, 3.8) is 0 Å². The first-order valence-corrected chi connectivity index (χ1v) is 9.33. The van der Waals surface area contributed by atoms with Crippen LogP contribution < -0.4 is 0 Å². The third-order valence-electron chi connectivity index (χ3n) is 3.71. The Balaban J connectivity index is 2.78. The van der Waals surface area contributed by atoms with Crippen molar-refractivity contribution < 1.29 is 9.22 Å². The van der Waals surface area contributed by atoms with Crippen LogP contribution in [0.3, 0.4) is 0 Å². The van der Waals surface area contributed by atoms with Crippen molar-refractivity contribution in [3.05, 3.63) is 35.9 Å². The Kier molecular flexibility index (Phi) is 4.51. The van der Waals surface area contributed by atoms with E-state index in [1.165, 1.54) is 0 Å². The fraction of sp³-hybridized carbons (Fsp3) is 0.533. The van der Waals surface area contributed by atoms with Crippen LogP contribution in [0.4, 0.5) is 0 Å². The maximum atomic E-state index is 12.2. The fourth-order valence-corrected chi connectivity index (χ4v) is 2.85. The molecule has 0 heterocycles. The summed E-state index contributed by atoms with van der Waals surface area (Å²) in [4.78, 5) is 12.2. The summed E-state index contributed by atoms with van der Waals surface area (Å²) in [7, 11) is -1.88. The summed E-state index contributed by atoms with van der Waals surface area (Å²) in [6.07, 6.45) is -0.367. The molecule has 1 aromatic rings. The summed E-state index contributed by atoms with van der Waals surface area (Å²) in [5.74, 6) is 0.0698. The van der Waals surface area contributed by atoms with E-state index in [0.29, 0.717) is 0 Å². The topological polar surface area (TPSA) is 26.3 Å². The summed E-state index contributed by atoms with van der Waals surface area (Å²) in [5, 5.41) is 0.123. The maximum absolute atomic E-state index is 12.2. The minimum Gasteiger partial charge on any atom is -0.407 e. The molecular formula is C15H24O2Si. The molecule has 1 rings (SSSR count). The molecule has 0 amide bonds. The Bertz CT molecular complexity index is 404. The third-order valence-corrected chi connectivity index (χ3v) is 8.26. The molecular weight excluding hydrogens is 240 g/mol. The van der Waals surface area contributed by atoms with Gasteiger partial charge in [0.15, 0.2) is 14.1 Å². The zero-order valence-corrected chi connectivity index (χ0v) is 13.3. The van der Waals surface area contributed by atoms with Gasteiger partial charge in [-0.15, -0.1) is 0 Å². The van der Waals surface area contributed by atoms with Crippen LogP contribution in [0.5, 0.6) is 0 Å². The van der Waals surface area contributed by atoms with Crippen molar-refractivity contribution in [2.75, 3.05) is 0 Å². The van der Waals surface area contributed by atoms with Gasteiger partial charge >= 0.3 is 0 Å². The van der Waals surface area contributed by atoms with Crippen LogP contribution in [0.2, 0.25) is 18.1 Å². The average molecular weight is 264 g/mol. The highest BCUT2D eigenvalue weighted by Crippen LogP contribution is 2.37. The number of rotatable bonds is 4. The van der Waals surface area contributed by atoms with E-state index in [9.17, 15) is 4.79 Å².